The second-order valence-corrected chi connectivity index (χ2v) is 8.74. The van der Waals surface area contributed by atoms with Crippen molar-refractivity contribution in [3.05, 3.63) is 66.3 Å². The Morgan fingerprint density at radius 2 is 1.85 bits per heavy atom. The number of nitrogens with zero attached hydrogens (tertiary/aromatic N) is 1. The van der Waals surface area contributed by atoms with Gasteiger partial charge >= 0.3 is 0 Å². The fraction of sp³-hybridized carbons (Fsp3) is 0.211. The third-order valence-corrected chi connectivity index (χ3v) is 7.46. The molecule has 1 saturated heterocycles. The first-order valence-electron chi connectivity index (χ1n) is 8.30. The first-order valence-corrected chi connectivity index (χ1v) is 9.85. The van der Waals surface area contributed by atoms with Crippen LogP contribution < -0.4 is 0 Å². The zero-order valence-corrected chi connectivity index (χ0v) is 14.5. The van der Waals surface area contributed by atoms with Gasteiger partial charge in [-0.2, -0.15) is 0 Å². The zero-order chi connectivity index (χ0) is 17.9. The Morgan fingerprint density at radius 1 is 1.04 bits per heavy atom. The van der Waals surface area contributed by atoms with Gasteiger partial charge in [0.15, 0.2) is 15.6 Å². The average molecular weight is 369 g/mol. The lowest BCUT2D eigenvalue weighted by atomic mass is 9.96. The van der Waals surface area contributed by atoms with E-state index in [2.05, 4.69) is 0 Å². The minimum Gasteiger partial charge on any atom is -0.464 e. The summed E-state index contributed by atoms with van der Waals surface area (Å²) in [5.74, 6) is 0.411. The molecule has 6 nitrogen and oxygen atoms in total. The summed E-state index contributed by atoms with van der Waals surface area (Å²) in [7, 11) is -3.46. The Labute approximate surface area is 149 Å². The SMILES string of the molecule is O=C(c1ccco1)N1C[C@@H]2c3cc(-c4ccco4)ccc3S(=O)(=O)[C@@H]2C1. The number of furan rings is 2. The van der Waals surface area contributed by atoms with Crippen LogP contribution in [0.3, 0.4) is 0 Å². The van der Waals surface area contributed by atoms with Gasteiger partial charge in [0.2, 0.25) is 0 Å². The summed E-state index contributed by atoms with van der Waals surface area (Å²) in [4.78, 5) is 14.5. The van der Waals surface area contributed by atoms with Crippen molar-refractivity contribution in [2.45, 2.75) is 16.1 Å². The van der Waals surface area contributed by atoms with E-state index in [0.717, 1.165) is 11.1 Å². The number of carbonyl (C=O) groups excluding carboxylic acids is 1. The highest BCUT2D eigenvalue weighted by molar-refractivity contribution is 7.92. The Hall–Kier alpha value is -2.80. The van der Waals surface area contributed by atoms with Crippen LogP contribution in [-0.4, -0.2) is 37.6 Å². The van der Waals surface area contributed by atoms with Gasteiger partial charge in [-0.05, 0) is 48.0 Å². The molecule has 0 spiro atoms. The highest BCUT2D eigenvalue weighted by atomic mass is 32.2. The van der Waals surface area contributed by atoms with E-state index in [4.69, 9.17) is 8.83 Å². The standard InChI is InChI=1S/C19H15NO5S/c21-19(16-4-2-8-25-16)20-10-14-13-9-12(15-3-1-7-24-15)5-6-17(13)26(22,23)18(14)11-20/h1-9,14,18H,10-11H2/t14-,18-/m1/s1. The third-order valence-electron chi connectivity index (χ3n) is 5.21. The topological polar surface area (TPSA) is 80.7 Å². The fourth-order valence-corrected chi connectivity index (χ4v) is 6.13. The lowest BCUT2D eigenvalue weighted by Gasteiger charge is -2.16. The Balaban J connectivity index is 1.54. The molecule has 0 N–H and O–H groups in total. The molecule has 0 saturated carbocycles. The van der Waals surface area contributed by atoms with Gasteiger partial charge in [0.1, 0.15) is 5.76 Å². The molecule has 132 valence electrons. The Morgan fingerprint density at radius 3 is 2.58 bits per heavy atom. The molecule has 1 amide bonds. The van der Waals surface area contributed by atoms with Gasteiger partial charge in [-0.3, -0.25) is 4.79 Å². The van der Waals surface area contributed by atoms with Crippen LogP contribution in [0.25, 0.3) is 11.3 Å². The molecule has 2 aliphatic rings. The van der Waals surface area contributed by atoms with Crippen molar-refractivity contribution in [1.29, 1.82) is 0 Å². The normalized spacial score (nSPS) is 23.0. The van der Waals surface area contributed by atoms with Crippen molar-refractivity contribution in [3.63, 3.8) is 0 Å². The van der Waals surface area contributed by atoms with Gasteiger partial charge in [0, 0.05) is 24.6 Å². The second kappa shape index (κ2) is 5.35. The Bertz CT molecular complexity index is 1080. The molecule has 7 heteroatoms. The maximum absolute atomic E-state index is 12.9. The summed E-state index contributed by atoms with van der Waals surface area (Å²) in [5, 5.41) is -0.608. The van der Waals surface area contributed by atoms with Crippen LogP contribution in [0.4, 0.5) is 0 Å². The van der Waals surface area contributed by atoms with Crippen LogP contribution in [0.1, 0.15) is 22.0 Å². The molecule has 4 heterocycles. The molecule has 2 atom stereocenters. The first-order chi connectivity index (χ1) is 12.6. The smallest absolute Gasteiger partial charge is 0.289 e. The van der Waals surface area contributed by atoms with Crippen LogP contribution in [0.15, 0.2) is 68.7 Å². The van der Waals surface area contributed by atoms with Crippen LogP contribution in [-0.2, 0) is 9.84 Å². The average Bonchev–Trinajstić information content (AvgIpc) is 3.43. The lowest BCUT2D eigenvalue weighted by Crippen LogP contribution is -2.31. The monoisotopic (exact) mass is 369 g/mol. The molecule has 0 unspecified atom stereocenters. The number of amides is 1. The number of benzene rings is 1. The van der Waals surface area contributed by atoms with Gasteiger partial charge in [0.05, 0.1) is 22.7 Å². The van der Waals surface area contributed by atoms with Crippen molar-refractivity contribution in [2.24, 2.45) is 0 Å². The van der Waals surface area contributed by atoms with Crippen LogP contribution >= 0.6 is 0 Å². The van der Waals surface area contributed by atoms with E-state index in [1.54, 1.807) is 41.5 Å². The predicted molar refractivity (Wildman–Crippen MR) is 92.5 cm³/mol. The van der Waals surface area contributed by atoms with E-state index in [1.807, 2.05) is 12.1 Å². The Kier molecular flexibility index (Phi) is 3.18. The summed E-state index contributed by atoms with van der Waals surface area (Å²) >= 11 is 0. The number of hydrogen-bond acceptors (Lipinski definition) is 5. The maximum Gasteiger partial charge on any atom is 0.289 e. The fourth-order valence-electron chi connectivity index (χ4n) is 3.97. The molecular formula is C19H15NO5S. The maximum atomic E-state index is 12.9. The van der Waals surface area contributed by atoms with Crippen molar-refractivity contribution < 1.29 is 22.0 Å². The number of carbonyl (C=O) groups is 1. The minimum atomic E-state index is -3.46. The van der Waals surface area contributed by atoms with Crippen LogP contribution in [0.2, 0.25) is 0 Å². The molecule has 5 rings (SSSR count). The first kappa shape index (κ1) is 15.5. The molecular weight excluding hydrogens is 354 g/mol. The summed E-state index contributed by atoms with van der Waals surface area (Å²) in [5.41, 5.74) is 1.60. The van der Waals surface area contributed by atoms with E-state index in [0.29, 0.717) is 17.2 Å². The zero-order valence-electron chi connectivity index (χ0n) is 13.7. The highest BCUT2D eigenvalue weighted by Crippen LogP contribution is 2.46. The van der Waals surface area contributed by atoms with Gasteiger partial charge in [-0.25, -0.2) is 8.42 Å². The molecule has 2 aromatic heterocycles. The van der Waals surface area contributed by atoms with Gasteiger partial charge in [-0.1, -0.05) is 0 Å². The number of likely N-dealkylation sites (tertiary alicyclic amines) is 1. The summed E-state index contributed by atoms with van der Waals surface area (Å²) in [6, 6.07) is 12.2. The summed E-state index contributed by atoms with van der Waals surface area (Å²) < 4.78 is 36.5. The van der Waals surface area contributed by atoms with Gasteiger partial charge in [-0.15, -0.1) is 0 Å². The van der Waals surface area contributed by atoms with Crippen LogP contribution in [0.5, 0.6) is 0 Å². The van der Waals surface area contributed by atoms with Gasteiger partial charge in [0.25, 0.3) is 5.91 Å². The molecule has 0 bridgehead atoms. The van der Waals surface area contributed by atoms with Crippen molar-refractivity contribution in [1.82, 2.24) is 4.90 Å². The summed E-state index contributed by atoms with van der Waals surface area (Å²) in [6.07, 6.45) is 3.02. The molecule has 26 heavy (non-hydrogen) atoms. The van der Waals surface area contributed by atoms with E-state index in [1.165, 1.54) is 6.26 Å². The number of hydrogen-bond donors (Lipinski definition) is 0. The van der Waals surface area contributed by atoms with Crippen LogP contribution in [0, 0.1) is 0 Å². The van der Waals surface area contributed by atoms with Crippen molar-refractivity contribution in [2.75, 3.05) is 13.1 Å². The summed E-state index contributed by atoms with van der Waals surface area (Å²) in [6.45, 7) is 0.537. The van der Waals surface area contributed by atoms with E-state index < -0.39 is 15.1 Å². The minimum absolute atomic E-state index is 0.178. The van der Waals surface area contributed by atoms with Crippen molar-refractivity contribution in [3.8, 4) is 11.3 Å². The molecule has 3 aromatic rings. The largest absolute Gasteiger partial charge is 0.464 e. The molecule has 0 aliphatic carbocycles. The third kappa shape index (κ3) is 2.10. The van der Waals surface area contributed by atoms with E-state index in [-0.39, 0.29) is 24.1 Å². The molecule has 1 fully saturated rings. The number of fused-ring (bicyclic) bond motifs is 3. The predicted octanol–water partition coefficient (Wildman–Crippen LogP) is 2.94. The van der Waals surface area contributed by atoms with E-state index in [9.17, 15) is 13.2 Å². The molecule has 2 aliphatic heterocycles. The quantitative estimate of drug-likeness (QED) is 0.694. The lowest BCUT2D eigenvalue weighted by molar-refractivity contribution is 0.0759. The second-order valence-electron chi connectivity index (χ2n) is 6.61. The number of sulfone groups is 1. The molecule has 0 radical (unpaired) electrons. The number of rotatable bonds is 2. The van der Waals surface area contributed by atoms with E-state index >= 15 is 0 Å². The highest BCUT2D eigenvalue weighted by Gasteiger charge is 2.51. The van der Waals surface area contributed by atoms with Gasteiger partial charge < -0.3 is 13.7 Å². The van der Waals surface area contributed by atoms with Crippen molar-refractivity contribution >= 4 is 15.7 Å². The molecule has 1 aromatic carbocycles.